The van der Waals surface area contributed by atoms with E-state index >= 15 is 0 Å². The Labute approximate surface area is 111 Å². The predicted molar refractivity (Wildman–Crippen MR) is 75.0 cm³/mol. The second-order valence-corrected chi connectivity index (χ2v) is 4.14. The number of anilines is 2. The van der Waals surface area contributed by atoms with Gasteiger partial charge in [0.25, 0.3) is 0 Å². The van der Waals surface area contributed by atoms with Gasteiger partial charge in [0.15, 0.2) is 0 Å². The van der Waals surface area contributed by atoms with Crippen molar-refractivity contribution in [3.05, 3.63) is 59.7 Å². The number of hydrogen-bond acceptors (Lipinski definition) is 2. The Morgan fingerprint density at radius 1 is 1.05 bits per heavy atom. The topological polar surface area (TPSA) is 64.9 Å². The smallest absolute Gasteiger partial charge is 0.308 e. The van der Waals surface area contributed by atoms with E-state index in [2.05, 4.69) is 10.6 Å². The number of amides is 2. The second kappa shape index (κ2) is 5.69. The highest BCUT2D eigenvalue weighted by molar-refractivity contribution is 5.99. The Morgan fingerprint density at radius 3 is 2.32 bits per heavy atom. The largest absolute Gasteiger partial charge is 0.323 e. The molecule has 0 unspecified atom stereocenters. The molecule has 19 heavy (non-hydrogen) atoms. The Hall–Kier alpha value is -2.80. The van der Waals surface area contributed by atoms with Gasteiger partial charge >= 0.3 is 6.03 Å². The van der Waals surface area contributed by atoms with Crippen LogP contribution in [0.5, 0.6) is 0 Å². The summed E-state index contributed by atoms with van der Waals surface area (Å²) in [5.41, 5.74) is 2.90. The van der Waals surface area contributed by atoms with Gasteiger partial charge in [0.2, 0.25) is 0 Å². The maximum absolute atomic E-state index is 11.8. The summed E-state index contributed by atoms with van der Waals surface area (Å²) in [6, 6.07) is 16.0. The first-order valence-corrected chi connectivity index (χ1v) is 5.82. The molecule has 2 amide bonds. The van der Waals surface area contributed by atoms with Crippen molar-refractivity contribution >= 4 is 17.4 Å². The van der Waals surface area contributed by atoms with Gasteiger partial charge in [0.1, 0.15) is 0 Å². The van der Waals surface area contributed by atoms with Crippen molar-refractivity contribution < 1.29 is 4.79 Å². The standard InChI is InChI=1S/C15H13N3O/c1-11-4-2-6-13(8-11)17-15(19)18-14-7-3-5-12(9-14)10-16/h2-9H,1H3,(H2,17,18,19). The maximum atomic E-state index is 11.8. The fraction of sp³-hybridized carbons (Fsp3) is 0.0667. The van der Waals surface area contributed by atoms with Gasteiger partial charge < -0.3 is 10.6 Å². The van der Waals surface area contributed by atoms with E-state index in [1.165, 1.54) is 0 Å². The van der Waals surface area contributed by atoms with E-state index in [1.54, 1.807) is 24.3 Å². The molecule has 0 aliphatic carbocycles. The first-order valence-electron chi connectivity index (χ1n) is 5.82. The van der Waals surface area contributed by atoms with Gasteiger partial charge in [-0.25, -0.2) is 4.79 Å². The molecular formula is C15H13N3O. The van der Waals surface area contributed by atoms with Gasteiger partial charge in [-0.05, 0) is 42.8 Å². The number of nitrogens with zero attached hydrogens (tertiary/aromatic N) is 1. The molecule has 0 heterocycles. The number of carbonyl (C=O) groups is 1. The molecule has 94 valence electrons. The van der Waals surface area contributed by atoms with Crippen LogP contribution in [0.1, 0.15) is 11.1 Å². The highest BCUT2D eigenvalue weighted by Gasteiger charge is 2.03. The lowest BCUT2D eigenvalue weighted by atomic mass is 10.2. The minimum Gasteiger partial charge on any atom is -0.308 e. The van der Waals surface area contributed by atoms with Crippen molar-refractivity contribution in [1.29, 1.82) is 5.26 Å². The first kappa shape index (κ1) is 12.7. The molecule has 0 atom stereocenters. The van der Waals surface area contributed by atoms with Crippen LogP contribution in [0.15, 0.2) is 48.5 Å². The Balaban J connectivity index is 2.03. The van der Waals surface area contributed by atoms with Crippen molar-refractivity contribution in [1.82, 2.24) is 0 Å². The zero-order valence-electron chi connectivity index (χ0n) is 10.5. The van der Waals surface area contributed by atoms with Crippen molar-refractivity contribution in [2.75, 3.05) is 10.6 Å². The molecule has 0 saturated carbocycles. The van der Waals surface area contributed by atoms with Crippen LogP contribution >= 0.6 is 0 Å². The molecule has 0 aliphatic heterocycles. The fourth-order valence-corrected chi connectivity index (χ4v) is 1.68. The molecule has 0 saturated heterocycles. The first-order chi connectivity index (χ1) is 9.17. The van der Waals surface area contributed by atoms with Gasteiger partial charge in [-0.3, -0.25) is 0 Å². The van der Waals surface area contributed by atoms with E-state index in [-0.39, 0.29) is 6.03 Å². The summed E-state index contributed by atoms with van der Waals surface area (Å²) >= 11 is 0. The van der Waals surface area contributed by atoms with Crippen molar-refractivity contribution in [3.8, 4) is 6.07 Å². The number of urea groups is 1. The van der Waals surface area contributed by atoms with Gasteiger partial charge in [0.05, 0.1) is 11.6 Å². The molecule has 2 rings (SSSR count). The Kier molecular flexibility index (Phi) is 3.79. The molecule has 0 spiro atoms. The summed E-state index contributed by atoms with van der Waals surface area (Å²) in [4.78, 5) is 11.8. The lowest BCUT2D eigenvalue weighted by Gasteiger charge is -2.08. The SMILES string of the molecule is Cc1cccc(NC(=O)Nc2cccc(C#N)c2)c1. The summed E-state index contributed by atoms with van der Waals surface area (Å²) in [7, 11) is 0. The number of carbonyl (C=O) groups excluding carboxylic acids is 1. The van der Waals surface area contributed by atoms with Crippen LogP contribution in [0.2, 0.25) is 0 Å². The average molecular weight is 251 g/mol. The number of nitrogens with one attached hydrogen (secondary N) is 2. The zero-order valence-corrected chi connectivity index (χ0v) is 10.5. The predicted octanol–water partition coefficient (Wildman–Crippen LogP) is 3.51. The van der Waals surface area contributed by atoms with E-state index in [9.17, 15) is 4.79 Å². The molecule has 0 aromatic heterocycles. The van der Waals surface area contributed by atoms with Crippen LogP contribution in [-0.2, 0) is 0 Å². The zero-order chi connectivity index (χ0) is 13.7. The fourth-order valence-electron chi connectivity index (χ4n) is 1.68. The summed E-state index contributed by atoms with van der Waals surface area (Å²) in [6.07, 6.45) is 0. The van der Waals surface area contributed by atoms with Crippen LogP contribution < -0.4 is 10.6 Å². The summed E-state index contributed by atoms with van der Waals surface area (Å²) in [5, 5.41) is 14.2. The third kappa shape index (κ3) is 3.58. The van der Waals surface area contributed by atoms with Crippen molar-refractivity contribution in [2.45, 2.75) is 6.92 Å². The van der Waals surface area contributed by atoms with Gasteiger partial charge in [-0.15, -0.1) is 0 Å². The van der Waals surface area contributed by atoms with E-state index < -0.39 is 0 Å². The molecule has 4 nitrogen and oxygen atoms in total. The van der Waals surface area contributed by atoms with E-state index in [0.717, 1.165) is 11.3 Å². The van der Waals surface area contributed by atoms with E-state index in [4.69, 9.17) is 5.26 Å². The molecule has 2 N–H and O–H groups in total. The molecule has 2 aromatic rings. The average Bonchev–Trinajstić information content (AvgIpc) is 2.38. The number of rotatable bonds is 2. The molecular weight excluding hydrogens is 238 g/mol. The lowest BCUT2D eigenvalue weighted by molar-refractivity contribution is 0.262. The molecule has 2 aromatic carbocycles. The minimum absolute atomic E-state index is 0.333. The van der Waals surface area contributed by atoms with Crippen LogP contribution in [0.4, 0.5) is 16.2 Å². The minimum atomic E-state index is -0.333. The summed E-state index contributed by atoms with van der Waals surface area (Å²) < 4.78 is 0. The number of aryl methyl sites for hydroxylation is 1. The molecule has 4 heteroatoms. The van der Waals surface area contributed by atoms with Crippen LogP contribution in [0.25, 0.3) is 0 Å². The lowest BCUT2D eigenvalue weighted by Crippen LogP contribution is -2.19. The van der Waals surface area contributed by atoms with Gasteiger partial charge in [-0.2, -0.15) is 5.26 Å². The van der Waals surface area contributed by atoms with Crippen molar-refractivity contribution in [2.24, 2.45) is 0 Å². The number of hydrogen-bond donors (Lipinski definition) is 2. The Morgan fingerprint density at radius 2 is 1.68 bits per heavy atom. The van der Waals surface area contributed by atoms with E-state index in [1.807, 2.05) is 37.3 Å². The summed E-state index contributed by atoms with van der Waals surface area (Å²) in [6.45, 7) is 1.96. The maximum Gasteiger partial charge on any atom is 0.323 e. The number of benzene rings is 2. The number of nitriles is 1. The third-order valence-corrected chi connectivity index (χ3v) is 2.53. The second-order valence-electron chi connectivity index (χ2n) is 4.14. The Bertz CT molecular complexity index is 644. The summed E-state index contributed by atoms with van der Waals surface area (Å²) in [5.74, 6) is 0. The van der Waals surface area contributed by atoms with Gasteiger partial charge in [-0.1, -0.05) is 18.2 Å². The molecule has 0 bridgehead atoms. The van der Waals surface area contributed by atoms with Gasteiger partial charge in [0, 0.05) is 11.4 Å². The third-order valence-electron chi connectivity index (χ3n) is 2.53. The van der Waals surface area contributed by atoms with Crippen LogP contribution in [0, 0.1) is 18.3 Å². The molecule has 0 aliphatic rings. The normalized spacial score (nSPS) is 9.47. The molecule has 0 fully saturated rings. The monoisotopic (exact) mass is 251 g/mol. The van der Waals surface area contributed by atoms with Crippen LogP contribution in [-0.4, -0.2) is 6.03 Å². The van der Waals surface area contributed by atoms with Crippen LogP contribution in [0.3, 0.4) is 0 Å². The highest BCUT2D eigenvalue weighted by Crippen LogP contribution is 2.12. The molecule has 0 radical (unpaired) electrons. The highest BCUT2D eigenvalue weighted by atomic mass is 16.2. The van der Waals surface area contributed by atoms with E-state index in [0.29, 0.717) is 11.3 Å². The van der Waals surface area contributed by atoms with Crippen molar-refractivity contribution in [3.63, 3.8) is 0 Å². The quantitative estimate of drug-likeness (QED) is 0.857.